The minimum Gasteiger partial charge on any atom is -0.485 e. The number of methoxy groups -OCH3 is 3. The molecule has 0 fully saturated rings. The molecule has 0 spiro atoms. The van der Waals surface area contributed by atoms with Gasteiger partial charge >= 0.3 is 0 Å². The molecule has 0 aromatic rings. The molecule has 3 nitrogen and oxygen atoms in total. The Morgan fingerprint density at radius 3 is 1.82 bits per heavy atom. The third-order valence-corrected chi connectivity index (χ3v) is 2.86. The summed E-state index contributed by atoms with van der Waals surface area (Å²) in [4.78, 5) is 0. The standard InChI is InChI=1S/C6H12O3S2/c1-7-5(10)6(8-2,9-3)11-4/h1-4H3. The third kappa shape index (κ3) is 2.30. The van der Waals surface area contributed by atoms with Crippen molar-refractivity contribution in [2.75, 3.05) is 27.6 Å². The number of hydrogen-bond acceptors (Lipinski definition) is 5. The van der Waals surface area contributed by atoms with Crippen LogP contribution < -0.4 is 0 Å². The van der Waals surface area contributed by atoms with Gasteiger partial charge < -0.3 is 14.2 Å². The predicted molar refractivity (Wildman–Crippen MR) is 49.9 cm³/mol. The molecule has 5 heteroatoms. The van der Waals surface area contributed by atoms with Crippen molar-refractivity contribution in [2.24, 2.45) is 0 Å². The monoisotopic (exact) mass is 196 g/mol. The van der Waals surface area contributed by atoms with Crippen molar-refractivity contribution in [1.29, 1.82) is 0 Å². The molecule has 0 amide bonds. The first-order valence-electron chi connectivity index (χ1n) is 2.90. The molecule has 0 atom stereocenters. The first-order chi connectivity index (χ1) is 5.16. The molecule has 0 aromatic heterocycles. The van der Waals surface area contributed by atoms with Gasteiger partial charge in [-0.15, -0.1) is 0 Å². The molecule has 0 bridgehead atoms. The minimum absolute atomic E-state index is 0.287. The molecule has 0 aliphatic rings. The fourth-order valence-electron chi connectivity index (χ4n) is 0.625. The van der Waals surface area contributed by atoms with Crippen molar-refractivity contribution in [3.05, 3.63) is 0 Å². The Morgan fingerprint density at radius 1 is 1.27 bits per heavy atom. The number of thiocarbonyl (C=S) groups is 1. The fraction of sp³-hybridized carbons (Fsp3) is 0.833. The van der Waals surface area contributed by atoms with E-state index in [-0.39, 0.29) is 5.05 Å². The average Bonchev–Trinajstić information content (AvgIpc) is 2.08. The van der Waals surface area contributed by atoms with E-state index in [4.69, 9.17) is 26.4 Å². The topological polar surface area (TPSA) is 27.7 Å². The van der Waals surface area contributed by atoms with E-state index in [1.807, 2.05) is 6.26 Å². The third-order valence-electron chi connectivity index (χ3n) is 1.24. The molecule has 0 radical (unpaired) electrons. The van der Waals surface area contributed by atoms with Crippen LogP contribution in [-0.2, 0) is 14.2 Å². The lowest BCUT2D eigenvalue weighted by Gasteiger charge is -2.27. The van der Waals surface area contributed by atoms with E-state index < -0.39 is 5.12 Å². The van der Waals surface area contributed by atoms with Crippen LogP contribution in [0.4, 0.5) is 0 Å². The maximum Gasteiger partial charge on any atom is 0.289 e. The highest BCUT2D eigenvalue weighted by Gasteiger charge is 2.35. The summed E-state index contributed by atoms with van der Waals surface area (Å²) in [6.07, 6.45) is 1.83. The van der Waals surface area contributed by atoms with Crippen LogP contribution in [0.1, 0.15) is 0 Å². The average molecular weight is 196 g/mol. The summed E-state index contributed by atoms with van der Waals surface area (Å²) in [5.74, 6) is 0. The first kappa shape index (κ1) is 11.2. The highest BCUT2D eigenvalue weighted by Crippen LogP contribution is 2.26. The van der Waals surface area contributed by atoms with Crippen molar-refractivity contribution in [1.82, 2.24) is 0 Å². The first-order valence-corrected chi connectivity index (χ1v) is 4.54. The second-order valence-corrected chi connectivity index (χ2v) is 2.98. The van der Waals surface area contributed by atoms with Gasteiger partial charge in [-0.25, -0.2) is 0 Å². The molecule has 0 N–H and O–H groups in total. The van der Waals surface area contributed by atoms with Gasteiger partial charge in [-0.05, 0) is 18.5 Å². The van der Waals surface area contributed by atoms with Crippen molar-refractivity contribution in [2.45, 2.75) is 5.12 Å². The Balaban J connectivity index is 4.39. The van der Waals surface area contributed by atoms with E-state index in [9.17, 15) is 0 Å². The van der Waals surface area contributed by atoms with E-state index in [2.05, 4.69) is 0 Å². The Morgan fingerprint density at radius 2 is 1.73 bits per heavy atom. The molecule has 0 saturated carbocycles. The van der Waals surface area contributed by atoms with Crippen molar-refractivity contribution < 1.29 is 14.2 Å². The summed E-state index contributed by atoms with van der Waals surface area (Å²) in [7, 11) is 4.53. The van der Waals surface area contributed by atoms with Crippen molar-refractivity contribution in [3.8, 4) is 0 Å². The molecule has 0 aromatic carbocycles. The van der Waals surface area contributed by atoms with Crippen molar-refractivity contribution >= 4 is 29.0 Å². The fourth-order valence-corrected chi connectivity index (χ4v) is 1.62. The maximum atomic E-state index is 5.06. The van der Waals surface area contributed by atoms with E-state index >= 15 is 0 Å². The van der Waals surface area contributed by atoms with E-state index in [0.29, 0.717) is 0 Å². The van der Waals surface area contributed by atoms with Gasteiger partial charge in [0.05, 0.1) is 7.11 Å². The number of hydrogen-bond donors (Lipinski definition) is 0. The van der Waals surface area contributed by atoms with Gasteiger partial charge in [-0.3, -0.25) is 0 Å². The second kappa shape index (κ2) is 4.92. The van der Waals surface area contributed by atoms with Gasteiger partial charge in [0.15, 0.2) is 0 Å². The lowest BCUT2D eigenvalue weighted by Crippen LogP contribution is -2.38. The zero-order valence-corrected chi connectivity index (χ0v) is 8.67. The number of thioether (sulfide) groups is 1. The Hall–Kier alpha value is 0.160. The molecule has 66 valence electrons. The van der Waals surface area contributed by atoms with Gasteiger partial charge in [0.25, 0.3) is 5.12 Å². The lowest BCUT2D eigenvalue weighted by atomic mass is 10.6. The van der Waals surface area contributed by atoms with Crippen LogP contribution >= 0.6 is 24.0 Å². The highest BCUT2D eigenvalue weighted by atomic mass is 32.2. The minimum atomic E-state index is -0.940. The maximum absolute atomic E-state index is 5.06. The van der Waals surface area contributed by atoms with Crippen LogP contribution in [0, 0.1) is 0 Å². The normalized spacial score (nSPS) is 11.3. The Bertz CT molecular complexity index is 126. The summed E-state index contributed by atoms with van der Waals surface area (Å²) in [6, 6.07) is 0. The van der Waals surface area contributed by atoms with Gasteiger partial charge in [-0.2, -0.15) is 0 Å². The Labute approximate surface area is 76.4 Å². The molecule has 0 rings (SSSR count). The summed E-state index contributed by atoms with van der Waals surface area (Å²) in [5.41, 5.74) is 0. The SMILES string of the molecule is COC(=S)C(OC)(OC)SC. The molecule has 11 heavy (non-hydrogen) atoms. The van der Waals surface area contributed by atoms with Gasteiger partial charge in [0.2, 0.25) is 5.05 Å². The highest BCUT2D eigenvalue weighted by molar-refractivity contribution is 8.01. The van der Waals surface area contributed by atoms with Crippen LogP contribution in [0.3, 0.4) is 0 Å². The molecule has 0 unspecified atom stereocenters. The Kier molecular flexibility index (Phi) is 4.99. The van der Waals surface area contributed by atoms with Gasteiger partial charge in [-0.1, -0.05) is 11.8 Å². The van der Waals surface area contributed by atoms with E-state index in [0.717, 1.165) is 0 Å². The number of ether oxygens (including phenoxy) is 3. The summed E-state index contributed by atoms with van der Waals surface area (Å²) in [6.45, 7) is 0. The van der Waals surface area contributed by atoms with Crippen LogP contribution in [0.2, 0.25) is 0 Å². The van der Waals surface area contributed by atoms with E-state index in [1.165, 1.54) is 33.1 Å². The van der Waals surface area contributed by atoms with Crippen molar-refractivity contribution in [3.63, 3.8) is 0 Å². The molecular weight excluding hydrogens is 184 g/mol. The van der Waals surface area contributed by atoms with Crippen LogP contribution in [-0.4, -0.2) is 37.8 Å². The predicted octanol–water partition coefficient (Wildman–Crippen LogP) is 1.27. The second-order valence-electron chi connectivity index (χ2n) is 1.66. The summed E-state index contributed by atoms with van der Waals surface area (Å²) in [5, 5.41) is -0.653. The summed E-state index contributed by atoms with van der Waals surface area (Å²) >= 11 is 6.23. The molecule has 0 aliphatic heterocycles. The zero-order valence-electron chi connectivity index (χ0n) is 7.04. The smallest absolute Gasteiger partial charge is 0.289 e. The number of rotatable bonds is 4. The molecule has 0 heterocycles. The summed E-state index contributed by atoms with van der Waals surface area (Å²) < 4.78 is 15.0. The van der Waals surface area contributed by atoms with E-state index in [1.54, 1.807) is 0 Å². The molecule has 0 saturated heterocycles. The quantitative estimate of drug-likeness (QED) is 0.498. The van der Waals surface area contributed by atoms with Crippen LogP contribution in [0.15, 0.2) is 0 Å². The van der Waals surface area contributed by atoms with Crippen LogP contribution in [0.5, 0.6) is 0 Å². The van der Waals surface area contributed by atoms with Crippen LogP contribution in [0.25, 0.3) is 0 Å². The molecular formula is C6H12O3S2. The molecule has 0 aliphatic carbocycles. The lowest BCUT2D eigenvalue weighted by molar-refractivity contribution is -0.0906. The van der Waals surface area contributed by atoms with Gasteiger partial charge in [0, 0.05) is 14.2 Å². The zero-order chi connectivity index (χ0) is 8.91. The van der Waals surface area contributed by atoms with Gasteiger partial charge in [0.1, 0.15) is 0 Å². The largest absolute Gasteiger partial charge is 0.485 e.